The molecule has 0 radical (unpaired) electrons. The van der Waals surface area contributed by atoms with E-state index in [0.29, 0.717) is 13.0 Å². The maximum Gasteiger partial charge on any atom is 0.245 e. The van der Waals surface area contributed by atoms with Gasteiger partial charge in [0.2, 0.25) is 11.8 Å². The first kappa shape index (κ1) is 17.7. The van der Waals surface area contributed by atoms with Crippen molar-refractivity contribution in [1.29, 1.82) is 0 Å². The quantitative estimate of drug-likeness (QED) is 0.706. The smallest absolute Gasteiger partial charge is 0.245 e. The maximum atomic E-state index is 12.9. The predicted molar refractivity (Wildman–Crippen MR) is 99.3 cm³/mol. The van der Waals surface area contributed by atoms with E-state index in [1.165, 1.54) is 6.92 Å². The van der Waals surface area contributed by atoms with E-state index in [4.69, 9.17) is 0 Å². The number of H-pyrrole nitrogens is 1. The molecule has 2 aromatic heterocycles. The third-order valence-corrected chi connectivity index (χ3v) is 4.33. The molecule has 0 spiro atoms. The summed E-state index contributed by atoms with van der Waals surface area (Å²) in [5, 5.41) is 7.97. The molecule has 0 saturated carbocycles. The third kappa shape index (κ3) is 3.93. The minimum absolute atomic E-state index is 0.130. The Kier molecular flexibility index (Phi) is 5.06. The standard InChI is InChI=1S/C19H23N5O2/c1-13(25)22-18(8-15-10-20-17-7-5-4-6-16(15)17)19(26)23(2)11-14-9-21-24(3)12-14/h4-7,9-10,12,18,20H,8,11H2,1-3H3,(H,22,25). The van der Waals surface area contributed by atoms with E-state index in [0.717, 1.165) is 22.0 Å². The number of nitrogens with one attached hydrogen (secondary N) is 2. The molecule has 136 valence electrons. The lowest BCUT2D eigenvalue weighted by molar-refractivity contribution is -0.135. The molecule has 3 aromatic rings. The largest absolute Gasteiger partial charge is 0.361 e. The summed E-state index contributed by atoms with van der Waals surface area (Å²) in [6.45, 7) is 1.87. The number of fused-ring (bicyclic) bond motifs is 1. The molecule has 0 aliphatic heterocycles. The van der Waals surface area contributed by atoms with Gasteiger partial charge in [-0.2, -0.15) is 5.10 Å². The zero-order chi connectivity index (χ0) is 18.7. The van der Waals surface area contributed by atoms with Crippen LogP contribution in [0.5, 0.6) is 0 Å². The number of aromatic amines is 1. The van der Waals surface area contributed by atoms with Gasteiger partial charge in [0.1, 0.15) is 6.04 Å². The lowest BCUT2D eigenvalue weighted by Crippen LogP contribution is -2.47. The molecule has 2 N–H and O–H groups in total. The molecular formula is C19H23N5O2. The minimum Gasteiger partial charge on any atom is -0.361 e. The Balaban J connectivity index is 1.78. The lowest BCUT2D eigenvalue weighted by atomic mass is 10.0. The number of carbonyl (C=O) groups excluding carboxylic acids is 2. The number of amides is 2. The number of para-hydroxylation sites is 1. The van der Waals surface area contributed by atoms with Crippen LogP contribution in [0.1, 0.15) is 18.1 Å². The van der Waals surface area contributed by atoms with Crippen LogP contribution < -0.4 is 5.32 Å². The summed E-state index contributed by atoms with van der Waals surface area (Å²) in [7, 11) is 3.57. The van der Waals surface area contributed by atoms with E-state index in [2.05, 4.69) is 15.4 Å². The van der Waals surface area contributed by atoms with Crippen molar-refractivity contribution in [3.05, 3.63) is 54.0 Å². The van der Waals surface area contributed by atoms with Crippen LogP contribution in [0.25, 0.3) is 10.9 Å². The molecule has 0 saturated heterocycles. The summed E-state index contributed by atoms with van der Waals surface area (Å²) in [5.41, 5.74) is 2.96. The van der Waals surface area contributed by atoms with Crippen molar-refractivity contribution >= 4 is 22.7 Å². The van der Waals surface area contributed by atoms with Gasteiger partial charge in [0.05, 0.1) is 6.20 Å². The summed E-state index contributed by atoms with van der Waals surface area (Å²) in [6, 6.07) is 7.30. The first-order chi connectivity index (χ1) is 12.4. The molecule has 0 bridgehead atoms. The predicted octanol–water partition coefficient (Wildman–Crippen LogP) is 1.61. The van der Waals surface area contributed by atoms with E-state index in [1.807, 2.05) is 43.7 Å². The number of nitrogens with zero attached hydrogens (tertiary/aromatic N) is 3. The molecule has 7 nitrogen and oxygen atoms in total. The Morgan fingerprint density at radius 3 is 2.81 bits per heavy atom. The summed E-state index contributed by atoms with van der Waals surface area (Å²) in [5.74, 6) is -0.354. The van der Waals surface area contributed by atoms with Gasteiger partial charge in [-0.25, -0.2) is 0 Å². The number of aromatic nitrogens is 3. The SMILES string of the molecule is CC(=O)NC(Cc1c[nH]c2ccccc12)C(=O)N(C)Cc1cnn(C)c1. The van der Waals surface area contributed by atoms with E-state index >= 15 is 0 Å². The van der Waals surface area contributed by atoms with Crippen molar-refractivity contribution in [2.75, 3.05) is 7.05 Å². The van der Waals surface area contributed by atoms with Gasteiger partial charge in [-0.1, -0.05) is 18.2 Å². The highest BCUT2D eigenvalue weighted by atomic mass is 16.2. The number of hydrogen-bond donors (Lipinski definition) is 2. The Morgan fingerprint density at radius 2 is 2.12 bits per heavy atom. The molecule has 0 aliphatic rings. The average molecular weight is 353 g/mol. The molecule has 1 aromatic carbocycles. The van der Waals surface area contributed by atoms with Crippen LogP contribution in [0.15, 0.2) is 42.9 Å². The van der Waals surface area contributed by atoms with Gasteiger partial charge in [-0.15, -0.1) is 0 Å². The van der Waals surface area contributed by atoms with Crippen molar-refractivity contribution in [2.24, 2.45) is 7.05 Å². The van der Waals surface area contributed by atoms with Gasteiger partial charge in [0, 0.05) is 62.8 Å². The van der Waals surface area contributed by atoms with E-state index in [-0.39, 0.29) is 11.8 Å². The Hall–Kier alpha value is -3.09. The second-order valence-corrected chi connectivity index (χ2v) is 6.53. The second kappa shape index (κ2) is 7.43. The number of benzene rings is 1. The fourth-order valence-corrected chi connectivity index (χ4v) is 3.14. The number of hydrogen-bond acceptors (Lipinski definition) is 3. The number of carbonyl (C=O) groups is 2. The highest BCUT2D eigenvalue weighted by molar-refractivity contribution is 5.89. The summed E-state index contributed by atoms with van der Waals surface area (Å²) in [4.78, 5) is 29.4. The first-order valence-corrected chi connectivity index (χ1v) is 8.48. The fraction of sp³-hybridized carbons (Fsp3) is 0.316. The van der Waals surface area contributed by atoms with Crippen molar-refractivity contribution in [3.8, 4) is 0 Å². The Bertz CT molecular complexity index is 927. The fourth-order valence-electron chi connectivity index (χ4n) is 3.14. The molecule has 0 fully saturated rings. The van der Waals surface area contributed by atoms with Gasteiger partial charge in [0.15, 0.2) is 0 Å². The van der Waals surface area contributed by atoms with E-state index in [1.54, 1.807) is 22.8 Å². The normalized spacial score (nSPS) is 12.1. The molecule has 3 rings (SSSR count). The molecule has 1 unspecified atom stereocenters. The molecule has 7 heteroatoms. The van der Waals surface area contributed by atoms with Crippen molar-refractivity contribution < 1.29 is 9.59 Å². The van der Waals surface area contributed by atoms with Gasteiger partial charge in [-0.05, 0) is 11.6 Å². The molecular weight excluding hydrogens is 330 g/mol. The number of likely N-dealkylation sites (N-methyl/N-ethyl adjacent to an activating group) is 1. The summed E-state index contributed by atoms with van der Waals surface area (Å²) < 4.78 is 1.70. The van der Waals surface area contributed by atoms with Crippen molar-refractivity contribution in [2.45, 2.75) is 25.9 Å². The third-order valence-electron chi connectivity index (χ3n) is 4.33. The summed E-state index contributed by atoms with van der Waals surface area (Å²) >= 11 is 0. The molecule has 2 amide bonds. The summed E-state index contributed by atoms with van der Waals surface area (Å²) in [6.07, 6.45) is 5.93. The Labute approximate surface area is 152 Å². The monoisotopic (exact) mass is 353 g/mol. The van der Waals surface area contributed by atoms with E-state index in [9.17, 15) is 9.59 Å². The molecule has 2 heterocycles. The average Bonchev–Trinajstić information content (AvgIpc) is 3.19. The van der Waals surface area contributed by atoms with Gasteiger partial charge in [-0.3, -0.25) is 14.3 Å². The molecule has 0 aliphatic carbocycles. The van der Waals surface area contributed by atoms with Gasteiger partial charge in [0.25, 0.3) is 0 Å². The van der Waals surface area contributed by atoms with Crippen LogP contribution in [-0.2, 0) is 29.6 Å². The molecule has 26 heavy (non-hydrogen) atoms. The maximum absolute atomic E-state index is 12.9. The molecule has 1 atom stereocenters. The number of rotatable bonds is 6. The zero-order valence-corrected chi connectivity index (χ0v) is 15.2. The van der Waals surface area contributed by atoms with Crippen LogP contribution in [0.2, 0.25) is 0 Å². The Morgan fingerprint density at radius 1 is 1.35 bits per heavy atom. The van der Waals surface area contributed by atoms with E-state index < -0.39 is 6.04 Å². The highest BCUT2D eigenvalue weighted by Gasteiger charge is 2.24. The number of aryl methyl sites for hydroxylation is 1. The van der Waals surface area contributed by atoms with Crippen molar-refractivity contribution in [3.63, 3.8) is 0 Å². The van der Waals surface area contributed by atoms with Crippen LogP contribution in [0.4, 0.5) is 0 Å². The first-order valence-electron chi connectivity index (χ1n) is 8.48. The van der Waals surface area contributed by atoms with Crippen LogP contribution in [0, 0.1) is 0 Å². The lowest BCUT2D eigenvalue weighted by Gasteiger charge is -2.24. The van der Waals surface area contributed by atoms with Crippen LogP contribution >= 0.6 is 0 Å². The zero-order valence-electron chi connectivity index (χ0n) is 15.2. The second-order valence-electron chi connectivity index (χ2n) is 6.53. The topological polar surface area (TPSA) is 83.0 Å². The highest BCUT2D eigenvalue weighted by Crippen LogP contribution is 2.19. The van der Waals surface area contributed by atoms with Crippen LogP contribution in [-0.4, -0.2) is 44.6 Å². The van der Waals surface area contributed by atoms with Gasteiger partial charge < -0.3 is 15.2 Å². The minimum atomic E-state index is -0.617. The van der Waals surface area contributed by atoms with Crippen molar-refractivity contribution in [1.82, 2.24) is 25.0 Å². The van der Waals surface area contributed by atoms with Crippen LogP contribution in [0.3, 0.4) is 0 Å². The van der Waals surface area contributed by atoms with Gasteiger partial charge >= 0.3 is 0 Å².